The standard InChI is InChI=1S/C29H31N3O7/c1-3-35-26-15-21(10-12-24(26)37-18-22-11-13-25-27(16-22)39-19-38-25)17-30-32-28(33)23(31-29(34)36-4-2)14-20-8-6-5-7-9-20/h5-13,15-17,23H,3-4,14,18-19H2,1-2H3,(H,31,34)(H,32,33)/b30-17-/t23-/m1/s1. The Balaban J connectivity index is 1.39. The van der Waals surface area contributed by atoms with E-state index in [1.807, 2.05) is 55.5 Å². The summed E-state index contributed by atoms with van der Waals surface area (Å²) in [4.78, 5) is 24.8. The molecule has 3 aromatic carbocycles. The van der Waals surface area contributed by atoms with Gasteiger partial charge in [-0.1, -0.05) is 36.4 Å². The van der Waals surface area contributed by atoms with Gasteiger partial charge in [-0.3, -0.25) is 4.79 Å². The van der Waals surface area contributed by atoms with Gasteiger partial charge in [0, 0.05) is 6.42 Å². The van der Waals surface area contributed by atoms with E-state index in [0.717, 1.165) is 11.1 Å². The molecule has 3 aromatic rings. The van der Waals surface area contributed by atoms with E-state index in [2.05, 4.69) is 15.8 Å². The summed E-state index contributed by atoms with van der Waals surface area (Å²) in [5.74, 6) is 2.04. The maximum atomic E-state index is 12.8. The van der Waals surface area contributed by atoms with Crippen molar-refractivity contribution in [3.63, 3.8) is 0 Å². The molecule has 1 heterocycles. The Bertz CT molecular complexity index is 1300. The molecule has 0 bridgehead atoms. The average Bonchev–Trinajstić information content (AvgIpc) is 3.41. The number of hydrazone groups is 1. The number of alkyl carbamates (subject to hydrolysis) is 1. The van der Waals surface area contributed by atoms with Crippen LogP contribution in [0, 0.1) is 0 Å². The molecule has 4 rings (SSSR count). The van der Waals surface area contributed by atoms with E-state index in [4.69, 9.17) is 23.7 Å². The highest BCUT2D eigenvalue weighted by Gasteiger charge is 2.21. The zero-order chi connectivity index (χ0) is 27.5. The lowest BCUT2D eigenvalue weighted by molar-refractivity contribution is -0.123. The van der Waals surface area contributed by atoms with E-state index in [1.54, 1.807) is 25.1 Å². The van der Waals surface area contributed by atoms with Gasteiger partial charge in [-0.2, -0.15) is 5.10 Å². The van der Waals surface area contributed by atoms with Gasteiger partial charge in [0.2, 0.25) is 6.79 Å². The van der Waals surface area contributed by atoms with Gasteiger partial charge in [0.25, 0.3) is 5.91 Å². The average molecular weight is 534 g/mol. The second-order valence-electron chi connectivity index (χ2n) is 8.46. The Morgan fingerprint density at radius 2 is 1.74 bits per heavy atom. The van der Waals surface area contributed by atoms with Crippen molar-refractivity contribution in [3.05, 3.63) is 83.4 Å². The number of benzene rings is 3. The number of rotatable bonds is 12. The van der Waals surface area contributed by atoms with Crippen LogP contribution in [0.15, 0.2) is 71.8 Å². The first-order chi connectivity index (χ1) is 19.1. The van der Waals surface area contributed by atoms with Crippen LogP contribution >= 0.6 is 0 Å². The van der Waals surface area contributed by atoms with Crippen molar-refractivity contribution < 1.29 is 33.3 Å². The molecular formula is C29H31N3O7. The first kappa shape index (κ1) is 27.3. The van der Waals surface area contributed by atoms with Gasteiger partial charge in [0.15, 0.2) is 23.0 Å². The van der Waals surface area contributed by atoms with Crippen LogP contribution in [-0.4, -0.2) is 44.3 Å². The van der Waals surface area contributed by atoms with E-state index in [9.17, 15) is 9.59 Å². The number of amides is 2. The molecule has 2 amide bonds. The molecule has 2 N–H and O–H groups in total. The van der Waals surface area contributed by atoms with Crippen molar-refractivity contribution in [1.82, 2.24) is 10.7 Å². The normalized spacial score (nSPS) is 12.6. The number of hydrogen-bond acceptors (Lipinski definition) is 8. The van der Waals surface area contributed by atoms with Crippen LogP contribution in [0.3, 0.4) is 0 Å². The summed E-state index contributed by atoms with van der Waals surface area (Å²) in [6.45, 7) is 4.75. The van der Waals surface area contributed by atoms with Crippen molar-refractivity contribution in [1.29, 1.82) is 0 Å². The van der Waals surface area contributed by atoms with Crippen LogP contribution in [0.25, 0.3) is 0 Å². The molecule has 0 saturated heterocycles. The molecule has 0 aromatic heterocycles. The molecule has 0 spiro atoms. The third kappa shape index (κ3) is 7.88. The summed E-state index contributed by atoms with van der Waals surface area (Å²) < 4.78 is 27.5. The molecule has 0 aliphatic carbocycles. The van der Waals surface area contributed by atoms with E-state index < -0.39 is 18.0 Å². The SMILES string of the molecule is CCOC(=O)N[C@H](Cc1ccccc1)C(=O)N/N=C\c1ccc(OCc2ccc3c(c2)OCO3)c(OCC)c1. The minimum atomic E-state index is -0.866. The Labute approximate surface area is 226 Å². The number of fused-ring (bicyclic) bond motifs is 1. The first-order valence-corrected chi connectivity index (χ1v) is 12.6. The summed E-state index contributed by atoms with van der Waals surface area (Å²) in [6.07, 6.45) is 1.10. The minimum absolute atomic E-state index is 0.197. The zero-order valence-corrected chi connectivity index (χ0v) is 21.8. The number of ether oxygens (including phenoxy) is 5. The molecule has 10 heteroatoms. The summed E-state index contributed by atoms with van der Waals surface area (Å²) in [5, 5.41) is 6.67. The molecule has 1 aliphatic heterocycles. The van der Waals surface area contributed by atoms with Crippen molar-refractivity contribution in [2.75, 3.05) is 20.0 Å². The van der Waals surface area contributed by atoms with Crippen molar-refractivity contribution in [2.45, 2.75) is 32.9 Å². The lowest BCUT2D eigenvalue weighted by Crippen LogP contribution is -2.47. The molecule has 0 fully saturated rings. The Morgan fingerprint density at radius 1 is 0.923 bits per heavy atom. The van der Waals surface area contributed by atoms with Crippen LogP contribution in [0.5, 0.6) is 23.0 Å². The molecule has 0 unspecified atom stereocenters. The van der Waals surface area contributed by atoms with Gasteiger partial charge >= 0.3 is 6.09 Å². The minimum Gasteiger partial charge on any atom is -0.490 e. The molecule has 39 heavy (non-hydrogen) atoms. The zero-order valence-electron chi connectivity index (χ0n) is 21.8. The fourth-order valence-electron chi connectivity index (χ4n) is 3.81. The molecular weight excluding hydrogens is 502 g/mol. The monoisotopic (exact) mass is 533 g/mol. The maximum Gasteiger partial charge on any atom is 0.407 e. The maximum absolute atomic E-state index is 12.8. The van der Waals surface area contributed by atoms with E-state index in [1.165, 1.54) is 6.21 Å². The smallest absolute Gasteiger partial charge is 0.407 e. The second kappa shape index (κ2) is 13.7. The summed E-state index contributed by atoms with van der Waals surface area (Å²) in [7, 11) is 0. The van der Waals surface area contributed by atoms with Gasteiger partial charge in [-0.05, 0) is 60.9 Å². The highest BCUT2D eigenvalue weighted by Crippen LogP contribution is 2.34. The molecule has 0 saturated carbocycles. The molecule has 1 aliphatic rings. The fourth-order valence-corrected chi connectivity index (χ4v) is 3.81. The quantitative estimate of drug-likeness (QED) is 0.265. The number of nitrogens with one attached hydrogen (secondary N) is 2. The van der Waals surface area contributed by atoms with E-state index >= 15 is 0 Å². The fraction of sp³-hybridized carbons (Fsp3) is 0.276. The van der Waals surface area contributed by atoms with Crippen molar-refractivity contribution in [3.8, 4) is 23.0 Å². The van der Waals surface area contributed by atoms with Crippen LogP contribution in [0.4, 0.5) is 4.79 Å². The second-order valence-corrected chi connectivity index (χ2v) is 8.46. The number of hydrogen-bond donors (Lipinski definition) is 2. The third-order valence-electron chi connectivity index (χ3n) is 5.65. The Hall–Kier alpha value is -4.73. The first-order valence-electron chi connectivity index (χ1n) is 12.6. The third-order valence-corrected chi connectivity index (χ3v) is 5.65. The Morgan fingerprint density at radius 3 is 2.54 bits per heavy atom. The predicted octanol–water partition coefficient (Wildman–Crippen LogP) is 4.20. The topological polar surface area (TPSA) is 117 Å². The highest BCUT2D eigenvalue weighted by molar-refractivity contribution is 5.87. The molecule has 1 atom stereocenters. The van der Waals surface area contributed by atoms with Crippen molar-refractivity contribution in [2.24, 2.45) is 5.10 Å². The summed E-state index contributed by atoms with van der Waals surface area (Å²) in [6, 6.07) is 19.5. The summed E-state index contributed by atoms with van der Waals surface area (Å²) >= 11 is 0. The van der Waals surface area contributed by atoms with Crippen LogP contribution in [0.1, 0.15) is 30.5 Å². The van der Waals surface area contributed by atoms with Gasteiger partial charge in [0.1, 0.15) is 12.6 Å². The molecule has 0 radical (unpaired) electrons. The van der Waals surface area contributed by atoms with Gasteiger partial charge < -0.3 is 29.0 Å². The lowest BCUT2D eigenvalue weighted by atomic mass is 10.1. The summed E-state index contributed by atoms with van der Waals surface area (Å²) in [5.41, 5.74) is 5.00. The number of carbonyl (C=O) groups is 2. The number of carbonyl (C=O) groups excluding carboxylic acids is 2. The van der Waals surface area contributed by atoms with Gasteiger partial charge in [0.05, 0.1) is 19.4 Å². The predicted molar refractivity (Wildman–Crippen MR) is 144 cm³/mol. The molecule has 10 nitrogen and oxygen atoms in total. The van der Waals surface area contributed by atoms with E-state index in [-0.39, 0.29) is 19.8 Å². The van der Waals surface area contributed by atoms with Crippen LogP contribution < -0.4 is 29.7 Å². The van der Waals surface area contributed by atoms with Crippen LogP contribution in [0.2, 0.25) is 0 Å². The largest absolute Gasteiger partial charge is 0.490 e. The van der Waals surface area contributed by atoms with Gasteiger partial charge in [-0.15, -0.1) is 0 Å². The van der Waals surface area contributed by atoms with E-state index in [0.29, 0.717) is 41.8 Å². The van der Waals surface area contributed by atoms with Crippen molar-refractivity contribution >= 4 is 18.2 Å². The molecule has 204 valence electrons. The van der Waals surface area contributed by atoms with Crippen LogP contribution in [-0.2, 0) is 22.6 Å². The highest BCUT2D eigenvalue weighted by atomic mass is 16.7. The number of nitrogens with zero attached hydrogens (tertiary/aromatic N) is 1. The van der Waals surface area contributed by atoms with Gasteiger partial charge in [-0.25, -0.2) is 10.2 Å². The lowest BCUT2D eigenvalue weighted by Gasteiger charge is -2.17. The Kier molecular flexibility index (Phi) is 9.60.